The largest absolute Gasteiger partial charge is 0.351 e. The van der Waals surface area contributed by atoms with Gasteiger partial charge in [-0.05, 0) is 19.4 Å². The lowest BCUT2D eigenvalue weighted by molar-refractivity contribution is -0.138. The highest BCUT2D eigenvalue weighted by Crippen LogP contribution is 2.51. The molecule has 0 saturated carbocycles. The van der Waals surface area contributed by atoms with E-state index < -0.39 is 5.72 Å². The molecule has 3 aliphatic rings. The monoisotopic (exact) mass is 383 g/mol. The van der Waals surface area contributed by atoms with Crippen LogP contribution in [0.15, 0.2) is 30.3 Å². The summed E-state index contributed by atoms with van der Waals surface area (Å²) in [6.07, 6.45) is 0.987. The molecule has 3 atom stereocenters. The molecule has 5 rings (SSSR count). The van der Waals surface area contributed by atoms with Crippen LogP contribution in [0.25, 0.3) is 0 Å². The van der Waals surface area contributed by atoms with Gasteiger partial charge in [0.1, 0.15) is 4.88 Å². The first kappa shape index (κ1) is 16.9. The molecule has 3 saturated heterocycles. The lowest BCUT2D eigenvalue weighted by Gasteiger charge is -2.33. The van der Waals surface area contributed by atoms with E-state index in [-0.39, 0.29) is 23.9 Å². The zero-order valence-electron chi connectivity index (χ0n) is 15.3. The molecule has 27 heavy (non-hydrogen) atoms. The Bertz CT molecular complexity index is 928. The van der Waals surface area contributed by atoms with Gasteiger partial charge in [0.05, 0.1) is 35.8 Å². The van der Waals surface area contributed by atoms with Gasteiger partial charge in [-0.1, -0.05) is 30.3 Å². The molecule has 0 radical (unpaired) electrons. The fourth-order valence-corrected chi connectivity index (χ4v) is 5.75. The predicted molar refractivity (Wildman–Crippen MR) is 100 cm³/mol. The minimum atomic E-state index is -0.680. The van der Waals surface area contributed by atoms with E-state index in [1.807, 2.05) is 54.0 Å². The van der Waals surface area contributed by atoms with Gasteiger partial charge in [-0.25, -0.2) is 4.98 Å². The minimum absolute atomic E-state index is 0.0265. The van der Waals surface area contributed by atoms with Crippen molar-refractivity contribution in [3.05, 3.63) is 51.5 Å². The number of hydrogen-bond acceptors (Lipinski definition) is 5. The molecule has 2 aromatic rings. The second-order valence-corrected chi connectivity index (χ2v) is 8.67. The van der Waals surface area contributed by atoms with Crippen molar-refractivity contribution in [1.82, 2.24) is 14.8 Å². The average Bonchev–Trinajstić information content (AvgIpc) is 3.36. The topological polar surface area (TPSA) is 62.7 Å². The summed E-state index contributed by atoms with van der Waals surface area (Å²) in [5, 5.41) is 0.884. The molecule has 2 amide bonds. The van der Waals surface area contributed by atoms with Gasteiger partial charge in [-0.3, -0.25) is 9.59 Å². The van der Waals surface area contributed by atoms with Gasteiger partial charge in [0.15, 0.2) is 5.72 Å². The number of rotatable bonds is 2. The highest BCUT2D eigenvalue weighted by molar-refractivity contribution is 7.13. The Morgan fingerprint density at radius 2 is 2.07 bits per heavy atom. The number of carbonyl (C=O) groups excluding carboxylic acids is 2. The van der Waals surface area contributed by atoms with Gasteiger partial charge in [0.2, 0.25) is 5.91 Å². The molecule has 3 aliphatic heterocycles. The molecule has 0 aliphatic carbocycles. The minimum Gasteiger partial charge on any atom is -0.351 e. The van der Waals surface area contributed by atoms with Crippen LogP contribution in [-0.2, 0) is 9.53 Å². The lowest BCUT2D eigenvalue weighted by Crippen LogP contribution is -2.49. The molecule has 0 bridgehead atoms. The zero-order valence-corrected chi connectivity index (χ0v) is 16.2. The highest BCUT2D eigenvalue weighted by Gasteiger charge is 2.65. The fraction of sp³-hybridized carbons (Fsp3) is 0.450. The zero-order chi connectivity index (χ0) is 18.8. The van der Waals surface area contributed by atoms with Gasteiger partial charge >= 0.3 is 0 Å². The molecular weight excluding hydrogens is 362 g/mol. The summed E-state index contributed by atoms with van der Waals surface area (Å²) < 4.78 is 6.28. The number of carbonyl (C=O) groups is 2. The smallest absolute Gasteiger partial charge is 0.266 e. The maximum Gasteiger partial charge on any atom is 0.266 e. The molecule has 7 heteroatoms. The third kappa shape index (κ3) is 2.31. The molecule has 140 valence electrons. The third-order valence-electron chi connectivity index (χ3n) is 6.00. The van der Waals surface area contributed by atoms with Crippen molar-refractivity contribution in [2.75, 3.05) is 13.2 Å². The van der Waals surface area contributed by atoms with Gasteiger partial charge in [0, 0.05) is 13.0 Å². The average molecular weight is 383 g/mol. The van der Waals surface area contributed by atoms with Crippen molar-refractivity contribution in [2.24, 2.45) is 0 Å². The van der Waals surface area contributed by atoms with E-state index in [0.29, 0.717) is 30.9 Å². The SMILES string of the molecule is Cc1nc(C)c(C(=O)N2CC[C@@]34OC[C@@H](c5ccccc5)N3C(=O)C[C@@H]24)s1. The molecule has 0 unspecified atom stereocenters. The normalized spacial score (nSPS) is 29.3. The van der Waals surface area contributed by atoms with E-state index in [0.717, 1.165) is 16.3 Å². The van der Waals surface area contributed by atoms with Crippen molar-refractivity contribution in [1.29, 1.82) is 0 Å². The number of aromatic nitrogens is 1. The van der Waals surface area contributed by atoms with Crippen LogP contribution in [0.1, 0.15) is 44.8 Å². The Balaban J connectivity index is 1.47. The van der Waals surface area contributed by atoms with Crippen LogP contribution < -0.4 is 0 Å². The van der Waals surface area contributed by atoms with Crippen molar-refractivity contribution < 1.29 is 14.3 Å². The number of nitrogens with zero attached hydrogens (tertiary/aromatic N) is 3. The second kappa shape index (κ2) is 5.87. The van der Waals surface area contributed by atoms with Gasteiger partial charge in [-0.15, -0.1) is 11.3 Å². The molecule has 0 N–H and O–H groups in total. The summed E-state index contributed by atoms with van der Waals surface area (Å²) in [6.45, 7) is 4.86. The van der Waals surface area contributed by atoms with Gasteiger partial charge in [0.25, 0.3) is 5.91 Å². The van der Waals surface area contributed by atoms with Crippen LogP contribution in [0.2, 0.25) is 0 Å². The molecule has 1 aromatic heterocycles. The van der Waals surface area contributed by atoms with Crippen LogP contribution in [0.3, 0.4) is 0 Å². The van der Waals surface area contributed by atoms with Crippen LogP contribution in [0, 0.1) is 13.8 Å². The van der Waals surface area contributed by atoms with Crippen molar-refractivity contribution in [3.8, 4) is 0 Å². The standard InChI is InChI=1S/C20H21N3O3S/c1-12-18(27-13(2)21-12)19(25)22-9-8-20-16(22)10-17(24)23(20)15(11-26-20)14-6-4-3-5-7-14/h3-7,15-16H,8-11H2,1-2H3/t15-,16+,20-/m0/s1. The van der Waals surface area contributed by atoms with Crippen molar-refractivity contribution in [2.45, 2.75) is 44.5 Å². The maximum absolute atomic E-state index is 13.2. The Morgan fingerprint density at radius 3 is 2.78 bits per heavy atom. The number of benzene rings is 1. The maximum atomic E-state index is 13.2. The van der Waals surface area contributed by atoms with Crippen molar-refractivity contribution >= 4 is 23.2 Å². The van der Waals surface area contributed by atoms with Gasteiger partial charge < -0.3 is 14.5 Å². The van der Waals surface area contributed by atoms with E-state index in [2.05, 4.69) is 4.98 Å². The number of aryl methyl sites for hydroxylation is 2. The molecule has 3 fully saturated rings. The number of thiazole rings is 1. The fourth-order valence-electron chi connectivity index (χ4n) is 4.87. The molecule has 1 spiro atoms. The summed E-state index contributed by atoms with van der Waals surface area (Å²) in [5.41, 5.74) is 1.17. The third-order valence-corrected chi connectivity index (χ3v) is 7.06. The number of amides is 2. The molecular formula is C20H21N3O3S. The first-order chi connectivity index (χ1) is 13.0. The quantitative estimate of drug-likeness (QED) is 0.800. The number of likely N-dealkylation sites (tertiary alicyclic amines) is 1. The Hall–Kier alpha value is -2.25. The van der Waals surface area contributed by atoms with Crippen LogP contribution in [0.4, 0.5) is 0 Å². The number of ether oxygens (including phenoxy) is 1. The Morgan fingerprint density at radius 1 is 1.30 bits per heavy atom. The highest BCUT2D eigenvalue weighted by atomic mass is 32.1. The Kier molecular flexibility index (Phi) is 3.67. The van der Waals surface area contributed by atoms with Crippen LogP contribution in [0.5, 0.6) is 0 Å². The summed E-state index contributed by atoms with van der Waals surface area (Å²) in [6, 6.07) is 9.71. The van der Waals surface area contributed by atoms with Gasteiger partial charge in [-0.2, -0.15) is 0 Å². The second-order valence-electron chi connectivity index (χ2n) is 7.46. The van der Waals surface area contributed by atoms with Crippen LogP contribution in [-0.4, -0.2) is 51.5 Å². The van der Waals surface area contributed by atoms with E-state index >= 15 is 0 Å². The van der Waals surface area contributed by atoms with E-state index in [9.17, 15) is 9.59 Å². The summed E-state index contributed by atoms with van der Waals surface area (Å²) in [4.78, 5) is 34.9. The first-order valence-corrected chi connectivity index (χ1v) is 10.1. The lowest BCUT2D eigenvalue weighted by atomic mass is 10.0. The van der Waals surface area contributed by atoms with Crippen molar-refractivity contribution in [3.63, 3.8) is 0 Å². The first-order valence-electron chi connectivity index (χ1n) is 9.27. The Labute approximate surface area is 161 Å². The molecule has 4 heterocycles. The van der Waals surface area contributed by atoms with Crippen LogP contribution >= 0.6 is 11.3 Å². The summed E-state index contributed by atoms with van der Waals surface area (Å²) >= 11 is 1.42. The van der Waals surface area contributed by atoms with E-state index in [1.165, 1.54) is 11.3 Å². The summed E-state index contributed by atoms with van der Waals surface area (Å²) in [7, 11) is 0. The summed E-state index contributed by atoms with van der Waals surface area (Å²) in [5.74, 6) is 0.0439. The molecule has 6 nitrogen and oxygen atoms in total. The molecule has 1 aromatic carbocycles. The number of hydrogen-bond donors (Lipinski definition) is 0. The van der Waals surface area contributed by atoms with E-state index in [1.54, 1.807) is 0 Å². The van der Waals surface area contributed by atoms with E-state index in [4.69, 9.17) is 4.74 Å². The predicted octanol–water partition coefficient (Wildman–Crippen LogP) is 2.67.